The van der Waals surface area contributed by atoms with E-state index in [1.165, 1.54) is 6.92 Å². The summed E-state index contributed by atoms with van der Waals surface area (Å²) in [4.78, 5) is 23.7. The second kappa shape index (κ2) is 8.84. The van der Waals surface area contributed by atoms with Gasteiger partial charge in [-0.3, -0.25) is 9.59 Å². The Kier molecular flexibility index (Phi) is 6.81. The molecule has 0 spiro atoms. The van der Waals surface area contributed by atoms with E-state index in [1.54, 1.807) is 0 Å². The molecule has 1 fully saturated rings. The molecule has 138 valence electrons. The Morgan fingerprint density at radius 3 is 2.64 bits per heavy atom. The number of rotatable bonds is 8. The van der Waals surface area contributed by atoms with Crippen molar-refractivity contribution in [2.24, 2.45) is 0 Å². The van der Waals surface area contributed by atoms with Crippen LogP contribution in [0.1, 0.15) is 26.2 Å². The molecule has 1 N–H and O–H groups in total. The van der Waals surface area contributed by atoms with Gasteiger partial charge in [-0.1, -0.05) is 18.2 Å². The molecule has 0 radical (unpaired) electrons. The Balaban J connectivity index is 1.63. The van der Waals surface area contributed by atoms with Gasteiger partial charge in [0.1, 0.15) is 5.75 Å². The first-order valence-corrected chi connectivity index (χ1v) is 10.1. The lowest BCUT2D eigenvalue weighted by Crippen LogP contribution is -2.42. The summed E-state index contributed by atoms with van der Waals surface area (Å²) >= 11 is 0. The van der Waals surface area contributed by atoms with Gasteiger partial charge in [0.15, 0.2) is 15.9 Å². The number of carbonyl (C=O) groups is 2. The van der Waals surface area contributed by atoms with Crippen molar-refractivity contribution < 1.29 is 27.5 Å². The zero-order valence-electron chi connectivity index (χ0n) is 14.1. The topological polar surface area (TPSA) is 98.8 Å². The van der Waals surface area contributed by atoms with Crippen LogP contribution in [0.15, 0.2) is 30.3 Å². The van der Waals surface area contributed by atoms with E-state index in [9.17, 15) is 18.0 Å². The normalized spacial score (nSPS) is 19.8. The first-order valence-electron chi connectivity index (χ1n) is 8.24. The summed E-state index contributed by atoms with van der Waals surface area (Å²) in [6.45, 7) is 1.84. The largest absolute Gasteiger partial charge is 0.494 e. The molecule has 0 aliphatic carbocycles. The van der Waals surface area contributed by atoms with Crippen LogP contribution in [0.2, 0.25) is 0 Å². The molecule has 1 aromatic rings. The van der Waals surface area contributed by atoms with Crippen molar-refractivity contribution in [3.05, 3.63) is 30.3 Å². The fourth-order valence-electron chi connectivity index (χ4n) is 2.46. The molecule has 0 bridgehead atoms. The third-order valence-corrected chi connectivity index (χ3v) is 5.56. The lowest BCUT2D eigenvalue weighted by atomic mass is 10.2. The summed E-state index contributed by atoms with van der Waals surface area (Å²) in [6.07, 6.45) is 0.0578. The molecule has 1 saturated heterocycles. The lowest BCUT2D eigenvalue weighted by Gasteiger charge is -2.16. The fraction of sp³-hybridized carbons (Fsp3) is 0.529. The zero-order valence-corrected chi connectivity index (χ0v) is 15.0. The van der Waals surface area contributed by atoms with Gasteiger partial charge in [0.2, 0.25) is 0 Å². The fourth-order valence-corrected chi connectivity index (χ4v) is 4.13. The Hall–Kier alpha value is -2.09. The van der Waals surface area contributed by atoms with Crippen LogP contribution in [0.5, 0.6) is 5.75 Å². The monoisotopic (exact) mass is 369 g/mol. The number of hydrogen-bond acceptors (Lipinski definition) is 6. The number of ether oxygens (including phenoxy) is 2. The van der Waals surface area contributed by atoms with E-state index in [4.69, 9.17) is 9.47 Å². The van der Waals surface area contributed by atoms with Crippen molar-refractivity contribution in [2.45, 2.75) is 38.3 Å². The summed E-state index contributed by atoms with van der Waals surface area (Å²) < 4.78 is 33.3. The minimum Gasteiger partial charge on any atom is -0.494 e. The average molecular weight is 369 g/mol. The molecule has 1 aliphatic rings. The van der Waals surface area contributed by atoms with E-state index >= 15 is 0 Å². The van der Waals surface area contributed by atoms with Crippen molar-refractivity contribution in [1.29, 1.82) is 0 Å². The number of nitrogens with one attached hydrogen (secondary N) is 1. The van der Waals surface area contributed by atoms with Crippen molar-refractivity contribution >= 4 is 21.7 Å². The Labute approximate surface area is 147 Å². The SMILES string of the molecule is C[C@H](OC(=O)CCCOc1ccccc1)C(=O)N[C@@H]1CCS(=O)(=O)C1. The first kappa shape index (κ1) is 19.2. The molecule has 1 amide bonds. The Morgan fingerprint density at radius 1 is 1.28 bits per heavy atom. The molecule has 0 saturated carbocycles. The molecule has 2 rings (SSSR count). The maximum absolute atomic E-state index is 12.0. The molecule has 25 heavy (non-hydrogen) atoms. The van der Waals surface area contributed by atoms with Crippen LogP contribution in [0.3, 0.4) is 0 Å². The van der Waals surface area contributed by atoms with Gasteiger partial charge in [-0.2, -0.15) is 0 Å². The van der Waals surface area contributed by atoms with Crippen LogP contribution in [0, 0.1) is 0 Å². The number of esters is 1. The highest BCUT2D eigenvalue weighted by Crippen LogP contribution is 2.12. The summed E-state index contributed by atoms with van der Waals surface area (Å²) in [5.41, 5.74) is 0. The molecule has 0 aromatic heterocycles. The van der Waals surface area contributed by atoms with Gasteiger partial charge in [-0.05, 0) is 31.9 Å². The smallest absolute Gasteiger partial charge is 0.306 e. The predicted octanol–water partition coefficient (Wildman–Crippen LogP) is 1.08. The van der Waals surface area contributed by atoms with Crippen molar-refractivity contribution in [3.8, 4) is 5.75 Å². The summed E-state index contributed by atoms with van der Waals surface area (Å²) in [7, 11) is -3.06. The number of hydrogen-bond donors (Lipinski definition) is 1. The second-order valence-electron chi connectivity index (χ2n) is 6.01. The van der Waals surface area contributed by atoms with Crippen molar-refractivity contribution in [1.82, 2.24) is 5.32 Å². The molecule has 1 aliphatic heterocycles. The summed E-state index contributed by atoms with van der Waals surface area (Å²) in [6, 6.07) is 8.86. The molecular weight excluding hydrogens is 346 g/mol. The van der Waals surface area contributed by atoms with Crippen LogP contribution in [-0.4, -0.2) is 50.6 Å². The highest BCUT2D eigenvalue weighted by Gasteiger charge is 2.30. The van der Waals surface area contributed by atoms with E-state index < -0.39 is 33.9 Å². The summed E-state index contributed by atoms with van der Waals surface area (Å²) in [5, 5.41) is 2.61. The van der Waals surface area contributed by atoms with Crippen molar-refractivity contribution in [2.75, 3.05) is 18.1 Å². The standard InChI is InChI=1S/C17H23NO6S/c1-13(17(20)18-14-9-11-25(21,22)12-14)24-16(19)8-5-10-23-15-6-3-2-4-7-15/h2-4,6-7,13-14H,5,8-12H2,1H3,(H,18,20)/t13-,14+/m0/s1. The van der Waals surface area contributed by atoms with Gasteiger partial charge >= 0.3 is 5.97 Å². The highest BCUT2D eigenvalue weighted by atomic mass is 32.2. The number of benzene rings is 1. The maximum Gasteiger partial charge on any atom is 0.306 e. The molecular formula is C17H23NO6S. The minimum absolute atomic E-state index is 0.0593. The van der Waals surface area contributed by atoms with Crippen LogP contribution >= 0.6 is 0 Å². The number of carbonyl (C=O) groups excluding carboxylic acids is 2. The lowest BCUT2D eigenvalue weighted by molar-refractivity contribution is -0.155. The van der Waals surface area contributed by atoms with Crippen LogP contribution in [0.25, 0.3) is 0 Å². The molecule has 1 aromatic carbocycles. The second-order valence-corrected chi connectivity index (χ2v) is 8.23. The Bertz CT molecular complexity index is 688. The summed E-state index contributed by atoms with van der Waals surface area (Å²) in [5.74, 6) is -0.214. The van der Waals surface area contributed by atoms with Gasteiger partial charge < -0.3 is 14.8 Å². The van der Waals surface area contributed by atoms with Gasteiger partial charge in [0.05, 0.1) is 18.1 Å². The van der Waals surface area contributed by atoms with E-state index in [0.29, 0.717) is 19.4 Å². The quantitative estimate of drug-likeness (QED) is 0.544. The Morgan fingerprint density at radius 2 is 2.00 bits per heavy atom. The van der Waals surface area contributed by atoms with Gasteiger partial charge in [-0.15, -0.1) is 0 Å². The van der Waals surface area contributed by atoms with Crippen LogP contribution in [-0.2, 0) is 24.2 Å². The van der Waals surface area contributed by atoms with E-state index in [1.807, 2.05) is 30.3 Å². The number of sulfone groups is 1. The third-order valence-electron chi connectivity index (χ3n) is 3.79. The van der Waals surface area contributed by atoms with Gasteiger partial charge in [-0.25, -0.2) is 8.42 Å². The third kappa shape index (κ3) is 6.74. The van der Waals surface area contributed by atoms with Gasteiger partial charge in [0, 0.05) is 12.5 Å². The average Bonchev–Trinajstić information content (AvgIpc) is 2.91. The highest BCUT2D eigenvalue weighted by molar-refractivity contribution is 7.91. The first-order chi connectivity index (χ1) is 11.9. The number of para-hydroxylation sites is 1. The van der Waals surface area contributed by atoms with E-state index in [-0.39, 0.29) is 17.9 Å². The number of amides is 1. The minimum atomic E-state index is -3.06. The maximum atomic E-state index is 12.0. The molecule has 8 heteroatoms. The van der Waals surface area contributed by atoms with Gasteiger partial charge in [0.25, 0.3) is 5.91 Å². The van der Waals surface area contributed by atoms with Crippen LogP contribution < -0.4 is 10.1 Å². The van der Waals surface area contributed by atoms with Crippen molar-refractivity contribution in [3.63, 3.8) is 0 Å². The van der Waals surface area contributed by atoms with E-state index in [0.717, 1.165) is 5.75 Å². The molecule has 7 nitrogen and oxygen atoms in total. The predicted molar refractivity (Wildman–Crippen MR) is 91.9 cm³/mol. The molecule has 1 heterocycles. The van der Waals surface area contributed by atoms with E-state index in [2.05, 4.69) is 5.32 Å². The van der Waals surface area contributed by atoms with Crippen LogP contribution in [0.4, 0.5) is 0 Å². The molecule has 2 atom stereocenters. The zero-order chi connectivity index (χ0) is 18.3. The molecule has 0 unspecified atom stereocenters.